The van der Waals surface area contributed by atoms with Gasteiger partial charge in [0.1, 0.15) is 0 Å². The van der Waals surface area contributed by atoms with Crippen molar-refractivity contribution in [3.05, 3.63) is 35.4 Å². The smallest absolute Gasteiger partial charge is 0.227 e. The number of nitrogens with one attached hydrogen (secondary N) is 1. The SMILES string of the molecule is CNCC1CCCN1C(=O)Cc1ccc(C)cc1.Cl. The average Bonchev–Trinajstić information content (AvgIpc) is 2.81. The van der Waals surface area contributed by atoms with Gasteiger partial charge in [-0.25, -0.2) is 0 Å². The number of likely N-dealkylation sites (tertiary alicyclic amines) is 1. The van der Waals surface area contributed by atoms with Crippen molar-refractivity contribution in [2.45, 2.75) is 32.2 Å². The molecule has 106 valence electrons. The lowest BCUT2D eigenvalue weighted by Gasteiger charge is -2.24. The Kier molecular flexibility index (Phi) is 6.32. The molecule has 1 saturated heterocycles. The molecule has 0 radical (unpaired) electrons. The Labute approximate surface area is 121 Å². The number of amides is 1. The zero-order chi connectivity index (χ0) is 13.0. The van der Waals surface area contributed by atoms with E-state index >= 15 is 0 Å². The van der Waals surface area contributed by atoms with Crippen LogP contribution in [-0.4, -0.2) is 37.0 Å². The van der Waals surface area contributed by atoms with Gasteiger partial charge < -0.3 is 10.2 Å². The second kappa shape index (κ2) is 7.51. The second-order valence-electron chi connectivity index (χ2n) is 5.10. The van der Waals surface area contributed by atoms with Crippen molar-refractivity contribution < 1.29 is 4.79 Å². The minimum absolute atomic E-state index is 0. The van der Waals surface area contributed by atoms with Gasteiger partial charge >= 0.3 is 0 Å². The van der Waals surface area contributed by atoms with E-state index in [-0.39, 0.29) is 18.3 Å². The molecule has 0 aliphatic carbocycles. The number of carbonyl (C=O) groups is 1. The van der Waals surface area contributed by atoms with Crippen molar-refractivity contribution >= 4 is 18.3 Å². The Morgan fingerprint density at radius 1 is 1.37 bits per heavy atom. The van der Waals surface area contributed by atoms with Crippen LogP contribution in [0.2, 0.25) is 0 Å². The molecule has 2 rings (SSSR count). The normalized spacial score (nSPS) is 18.2. The number of benzene rings is 1. The number of carbonyl (C=O) groups excluding carboxylic acids is 1. The van der Waals surface area contributed by atoms with E-state index in [4.69, 9.17) is 0 Å². The molecule has 1 aromatic rings. The summed E-state index contributed by atoms with van der Waals surface area (Å²) in [5.41, 5.74) is 2.35. The van der Waals surface area contributed by atoms with E-state index in [1.54, 1.807) is 0 Å². The van der Waals surface area contributed by atoms with Crippen LogP contribution in [-0.2, 0) is 11.2 Å². The van der Waals surface area contributed by atoms with Gasteiger partial charge in [-0.2, -0.15) is 0 Å². The number of halogens is 1. The fourth-order valence-electron chi connectivity index (χ4n) is 2.59. The lowest BCUT2D eigenvalue weighted by atomic mass is 10.1. The number of hydrogen-bond acceptors (Lipinski definition) is 2. The highest BCUT2D eigenvalue weighted by atomic mass is 35.5. The molecule has 19 heavy (non-hydrogen) atoms. The Balaban J connectivity index is 0.00000180. The largest absolute Gasteiger partial charge is 0.338 e. The van der Waals surface area contributed by atoms with Gasteiger partial charge in [0.25, 0.3) is 0 Å². The minimum atomic E-state index is 0. The quantitative estimate of drug-likeness (QED) is 0.918. The number of likely N-dealkylation sites (N-methyl/N-ethyl adjacent to an activating group) is 1. The van der Waals surface area contributed by atoms with E-state index < -0.39 is 0 Å². The van der Waals surface area contributed by atoms with Crippen molar-refractivity contribution in [2.24, 2.45) is 0 Å². The van der Waals surface area contributed by atoms with Crippen LogP contribution in [0.15, 0.2) is 24.3 Å². The summed E-state index contributed by atoms with van der Waals surface area (Å²) in [5, 5.41) is 3.17. The van der Waals surface area contributed by atoms with Crippen LogP contribution < -0.4 is 5.32 Å². The van der Waals surface area contributed by atoms with Gasteiger partial charge in [-0.1, -0.05) is 29.8 Å². The van der Waals surface area contributed by atoms with Crippen molar-refractivity contribution in [1.29, 1.82) is 0 Å². The molecule has 1 amide bonds. The number of aryl methyl sites for hydroxylation is 1. The van der Waals surface area contributed by atoms with Gasteiger partial charge in [-0.05, 0) is 32.4 Å². The maximum absolute atomic E-state index is 12.3. The van der Waals surface area contributed by atoms with Crippen LogP contribution in [0.25, 0.3) is 0 Å². The minimum Gasteiger partial charge on any atom is -0.338 e. The molecule has 1 fully saturated rings. The predicted molar refractivity (Wildman–Crippen MR) is 80.8 cm³/mol. The van der Waals surface area contributed by atoms with Crippen LogP contribution in [0.5, 0.6) is 0 Å². The van der Waals surface area contributed by atoms with Crippen LogP contribution >= 0.6 is 12.4 Å². The molecule has 0 spiro atoms. The molecule has 0 bridgehead atoms. The van der Waals surface area contributed by atoms with Gasteiger partial charge in [0.15, 0.2) is 0 Å². The Bertz CT molecular complexity index is 405. The molecule has 0 saturated carbocycles. The van der Waals surface area contributed by atoms with Crippen molar-refractivity contribution in [1.82, 2.24) is 10.2 Å². The van der Waals surface area contributed by atoms with Gasteiger partial charge in [0.2, 0.25) is 5.91 Å². The third-order valence-corrected chi connectivity index (χ3v) is 3.61. The first-order valence-electron chi connectivity index (χ1n) is 6.70. The molecular weight excluding hydrogens is 260 g/mol. The second-order valence-corrected chi connectivity index (χ2v) is 5.10. The number of rotatable bonds is 4. The van der Waals surface area contributed by atoms with Gasteiger partial charge in [-0.3, -0.25) is 4.79 Å². The first-order valence-corrected chi connectivity index (χ1v) is 6.70. The average molecular weight is 283 g/mol. The summed E-state index contributed by atoms with van der Waals surface area (Å²) in [4.78, 5) is 14.3. The first kappa shape index (κ1) is 16.0. The van der Waals surface area contributed by atoms with Crippen molar-refractivity contribution in [2.75, 3.05) is 20.1 Å². The molecule has 1 N–H and O–H groups in total. The van der Waals surface area contributed by atoms with E-state index in [0.29, 0.717) is 12.5 Å². The standard InChI is InChI=1S/C15H22N2O.ClH/c1-12-5-7-13(8-6-12)10-15(18)17-9-3-4-14(17)11-16-2;/h5-8,14,16H,3-4,9-11H2,1-2H3;1H. The van der Waals surface area contributed by atoms with Crippen LogP contribution in [0.1, 0.15) is 24.0 Å². The number of hydrogen-bond donors (Lipinski definition) is 1. The Morgan fingerprint density at radius 3 is 2.68 bits per heavy atom. The third kappa shape index (κ3) is 4.22. The zero-order valence-electron chi connectivity index (χ0n) is 11.7. The van der Waals surface area contributed by atoms with E-state index in [2.05, 4.69) is 36.5 Å². The molecular formula is C15H23ClN2O. The highest BCUT2D eigenvalue weighted by Gasteiger charge is 2.27. The molecule has 3 nitrogen and oxygen atoms in total. The van der Waals surface area contributed by atoms with Crippen LogP contribution in [0, 0.1) is 6.92 Å². The summed E-state index contributed by atoms with van der Waals surface area (Å²) in [6.45, 7) is 3.88. The molecule has 4 heteroatoms. The maximum atomic E-state index is 12.3. The summed E-state index contributed by atoms with van der Waals surface area (Å²) in [7, 11) is 1.95. The lowest BCUT2D eigenvalue weighted by Crippen LogP contribution is -2.41. The maximum Gasteiger partial charge on any atom is 0.227 e. The summed E-state index contributed by atoms with van der Waals surface area (Å²) < 4.78 is 0. The molecule has 1 aromatic carbocycles. The highest BCUT2D eigenvalue weighted by molar-refractivity contribution is 5.85. The summed E-state index contributed by atoms with van der Waals surface area (Å²) in [6, 6.07) is 8.62. The fraction of sp³-hybridized carbons (Fsp3) is 0.533. The molecule has 1 aliphatic heterocycles. The molecule has 0 aromatic heterocycles. The topological polar surface area (TPSA) is 32.3 Å². The molecule has 1 heterocycles. The molecule has 1 aliphatic rings. The monoisotopic (exact) mass is 282 g/mol. The Morgan fingerprint density at radius 2 is 2.05 bits per heavy atom. The van der Waals surface area contributed by atoms with Crippen LogP contribution in [0.4, 0.5) is 0 Å². The van der Waals surface area contributed by atoms with Crippen LogP contribution in [0.3, 0.4) is 0 Å². The summed E-state index contributed by atoms with van der Waals surface area (Å²) >= 11 is 0. The van der Waals surface area contributed by atoms with Crippen molar-refractivity contribution in [3.63, 3.8) is 0 Å². The zero-order valence-corrected chi connectivity index (χ0v) is 12.5. The van der Waals surface area contributed by atoms with E-state index in [9.17, 15) is 4.79 Å². The molecule has 1 atom stereocenters. The van der Waals surface area contributed by atoms with Gasteiger partial charge in [-0.15, -0.1) is 12.4 Å². The first-order chi connectivity index (χ1) is 8.70. The third-order valence-electron chi connectivity index (χ3n) is 3.61. The number of nitrogens with zero attached hydrogens (tertiary/aromatic N) is 1. The van der Waals surface area contributed by atoms with Crippen molar-refractivity contribution in [3.8, 4) is 0 Å². The van der Waals surface area contributed by atoms with E-state index in [1.807, 2.05) is 11.9 Å². The summed E-state index contributed by atoms with van der Waals surface area (Å²) in [5.74, 6) is 0.261. The molecule has 1 unspecified atom stereocenters. The highest BCUT2D eigenvalue weighted by Crippen LogP contribution is 2.18. The van der Waals surface area contributed by atoms with E-state index in [0.717, 1.165) is 31.5 Å². The van der Waals surface area contributed by atoms with Gasteiger partial charge in [0.05, 0.1) is 6.42 Å². The summed E-state index contributed by atoms with van der Waals surface area (Å²) in [6.07, 6.45) is 2.78. The lowest BCUT2D eigenvalue weighted by molar-refractivity contribution is -0.131. The Hall–Kier alpha value is -1.06. The van der Waals surface area contributed by atoms with Gasteiger partial charge in [0, 0.05) is 19.1 Å². The predicted octanol–water partition coefficient (Wildman–Crippen LogP) is 2.17. The fourth-order valence-corrected chi connectivity index (χ4v) is 2.59. The van der Waals surface area contributed by atoms with E-state index in [1.165, 1.54) is 5.56 Å².